The second-order valence-electron chi connectivity index (χ2n) is 2.57. The average molecular weight is 207 g/mol. The summed E-state index contributed by atoms with van der Waals surface area (Å²) >= 11 is 1.06. The summed E-state index contributed by atoms with van der Waals surface area (Å²) in [4.78, 5) is 15.6. The second kappa shape index (κ2) is 3.91. The van der Waals surface area contributed by atoms with Gasteiger partial charge in [-0.2, -0.15) is 0 Å². The molecule has 1 unspecified atom stereocenters. The van der Waals surface area contributed by atoms with Gasteiger partial charge in [-0.1, -0.05) is 0 Å². The lowest BCUT2D eigenvalue weighted by atomic mass is 10.4. The van der Waals surface area contributed by atoms with Crippen LogP contribution < -0.4 is 10.3 Å². The zero-order valence-corrected chi connectivity index (χ0v) is 8.21. The molecule has 6 nitrogen and oxygen atoms in total. The van der Waals surface area contributed by atoms with Crippen LogP contribution in [0.3, 0.4) is 0 Å². The fourth-order valence-electron chi connectivity index (χ4n) is 0.987. The number of rotatable bonds is 2. The minimum atomic E-state index is -2.26. The van der Waals surface area contributed by atoms with Gasteiger partial charge < -0.3 is 10.2 Å². The Kier molecular flexibility index (Phi) is 3.28. The average Bonchev–Trinajstić information content (AvgIpc) is 2.32. The molecule has 0 saturated carbocycles. The fraction of sp³-hybridized carbons (Fsp3) is 0.833. The van der Waals surface area contributed by atoms with Gasteiger partial charge in [0.15, 0.2) is 5.17 Å². The first-order valence-corrected chi connectivity index (χ1v) is 4.64. The summed E-state index contributed by atoms with van der Waals surface area (Å²) in [5.74, 6) is -2.24. The Labute approximate surface area is 80.1 Å². The van der Waals surface area contributed by atoms with E-state index in [9.17, 15) is 15.0 Å². The summed E-state index contributed by atoms with van der Waals surface area (Å²) in [6.45, 7) is 1.25. The SMILES string of the molecule is CO[N+](C(C)=O)N1SCCC1([O-])O. The highest BCUT2D eigenvalue weighted by Crippen LogP contribution is 2.30. The van der Waals surface area contributed by atoms with Crippen LogP contribution in [-0.2, 0) is 9.63 Å². The van der Waals surface area contributed by atoms with Gasteiger partial charge in [0.2, 0.25) is 0 Å². The van der Waals surface area contributed by atoms with E-state index in [-0.39, 0.29) is 6.42 Å². The molecular weight excluding hydrogens is 196 g/mol. The summed E-state index contributed by atoms with van der Waals surface area (Å²) in [5, 5.41) is 21.4. The quantitative estimate of drug-likeness (QED) is 0.257. The normalized spacial score (nSPS) is 29.9. The summed E-state index contributed by atoms with van der Waals surface area (Å²) in [6, 6.07) is 0. The summed E-state index contributed by atoms with van der Waals surface area (Å²) in [7, 11) is 1.26. The zero-order valence-electron chi connectivity index (χ0n) is 7.39. The number of hydroxylamine groups is 1. The highest BCUT2D eigenvalue weighted by atomic mass is 32.2. The number of hydrazine groups is 1. The number of carbonyl (C=O) groups is 1. The van der Waals surface area contributed by atoms with Gasteiger partial charge in [0, 0.05) is 10.2 Å². The van der Waals surface area contributed by atoms with Crippen molar-refractivity contribution in [3.8, 4) is 0 Å². The van der Waals surface area contributed by atoms with Gasteiger partial charge in [0.05, 0.1) is 6.92 Å². The molecule has 1 amide bonds. The highest BCUT2D eigenvalue weighted by molar-refractivity contribution is 7.97. The molecule has 13 heavy (non-hydrogen) atoms. The van der Waals surface area contributed by atoms with E-state index in [0.717, 1.165) is 21.5 Å². The van der Waals surface area contributed by atoms with Gasteiger partial charge in [-0.15, -0.1) is 4.84 Å². The van der Waals surface area contributed by atoms with Gasteiger partial charge in [-0.05, 0) is 18.4 Å². The summed E-state index contributed by atoms with van der Waals surface area (Å²) in [6.07, 6.45) is 0.0603. The Balaban J connectivity index is 2.74. The topological polar surface area (TPSA) is 78.7 Å². The number of hydrogen-bond acceptors (Lipinski definition) is 6. The van der Waals surface area contributed by atoms with Crippen LogP contribution in [0, 0.1) is 0 Å². The van der Waals surface area contributed by atoms with Gasteiger partial charge in [0.25, 0.3) is 0 Å². The number of nitrogens with zero attached hydrogens (tertiary/aromatic N) is 2. The van der Waals surface area contributed by atoms with Crippen molar-refractivity contribution in [2.24, 2.45) is 0 Å². The van der Waals surface area contributed by atoms with Crippen LogP contribution in [0.1, 0.15) is 13.3 Å². The minimum absolute atomic E-state index is 0.0603. The molecule has 0 bridgehead atoms. The predicted molar refractivity (Wildman–Crippen MR) is 43.7 cm³/mol. The lowest BCUT2D eigenvalue weighted by Crippen LogP contribution is -2.62. The van der Waals surface area contributed by atoms with E-state index >= 15 is 0 Å². The van der Waals surface area contributed by atoms with E-state index in [0.29, 0.717) is 5.75 Å². The van der Waals surface area contributed by atoms with Crippen LogP contribution in [0.5, 0.6) is 0 Å². The third-order valence-electron chi connectivity index (χ3n) is 1.55. The van der Waals surface area contributed by atoms with Gasteiger partial charge in [-0.25, -0.2) is 4.79 Å². The van der Waals surface area contributed by atoms with Crippen LogP contribution in [0.2, 0.25) is 0 Å². The second-order valence-corrected chi connectivity index (χ2v) is 3.59. The van der Waals surface area contributed by atoms with E-state index in [1.807, 2.05) is 0 Å². The number of amides is 1. The largest absolute Gasteiger partial charge is 0.812 e. The van der Waals surface area contributed by atoms with E-state index < -0.39 is 11.8 Å². The molecule has 0 spiro atoms. The number of carbonyl (C=O) groups excluding carboxylic acids is 1. The number of hydrogen-bond donors (Lipinski definition) is 1. The molecule has 1 aliphatic rings. The van der Waals surface area contributed by atoms with E-state index in [4.69, 9.17) is 0 Å². The lowest BCUT2D eigenvalue weighted by molar-refractivity contribution is -0.589. The maximum Gasteiger partial charge on any atom is 0.419 e. The molecule has 1 heterocycles. The van der Waals surface area contributed by atoms with Gasteiger partial charge in [-0.3, -0.25) is 0 Å². The Bertz CT molecular complexity index is 211. The molecular formula is C6H11N2O4S. The molecule has 1 aliphatic heterocycles. The maximum atomic E-state index is 11.3. The van der Waals surface area contributed by atoms with Crippen molar-refractivity contribution in [1.82, 2.24) is 9.59 Å². The highest BCUT2D eigenvalue weighted by Gasteiger charge is 2.46. The van der Waals surface area contributed by atoms with Crippen molar-refractivity contribution < 1.29 is 19.8 Å². The fourth-order valence-corrected chi connectivity index (χ4v) is 2.10. The molecule has 1 rings (SSSR count). The van der Waals surface area contributed by atoms with Gasteiger partial charge in [0.1, 0.15) is 13.0 Å². The third kappa shape index (κ3) is 2.19. The molecule has 75 valence electrons. The molecule has 1 fully saturated rings. The first-order valence-electron chi connectivity index (χ1n) is 3.69. The van der Waals surface area contributed by atoms with Crippen molar-refractivity contribution >= 4 is 17.9 Å². The van der Waals surface area contributed by atoms with Gasteiger partial charge >= 0.3 is 5.91 Å². The summed E-state index contributed by atoms with van der Waals surface area (Å²) in [5.41, 5.74) is 0. The first-order chi connectivity index (χ1) is 5.99. The first kappa shape index (κ1) is 10.9. The van der Waals surface area contributed by atoms with Crippen molar-refractivity contribution in [3.63, 3.8) is 0 Å². The molecule has 0 aromatic carbocycles. The smallest absolute Gasteiger partial charge is 0.419 e. The van der Waals surface area contributed by atoms with Crippen LogP contribution in [0.4, 0.5) is 0 Å². The van der Waals surface area contributed by atoms with E-state index in [1.165, 1.54) is 14.0 Å². The maximum absolute atomic E-state index is 11.3. The number of aliphatic hydroxyl groups is 1. The third-order valence-corrected chi connectivity index (χ3v) is 2.61. The van der Waals surface area contributed by atoms with Crippen LogP contribution >= 0.6 is 11.9 Å². The van der Waals surface area contributed by atoms with Crippen molar-refractivity contribution in [2.75, 3.05) is 12.9 Å². The Hall–Kier alpha value is -0.180. The summed E-state index contributed by atoms with van der Waals surface area (Å²) < 4.78 is 0.898. The van der Waals surface area contributed by atoms with Crippen LogP contribution in [-0.4, -0.2) is 34.2 Å². The lowest BCUT2D eigenvalue weighted by Gasteiger charge is -2.32. The predicted octanol–water partition coefficient (Wildman–Crippen LogP) is -1.49. The molecule has 1 saturated heterocycles. The molecule has 7 heteroatoms. The molecule has 1 radical (unpaired) electrons. The Morgan fingerprint density at radius 2 is 2.46 bits per heavy atom. The van der Waals surface area contributed by atoms with Crippen molar-refractivity contribution in [1.29, 1.82) is 0 Å². The molecule has 0 aliphatic carbocycles. The van der Waals surface area contributed by atoms with E-state index in [2.05, 4.69) is 4.84 Å². The zero-order chi connectivity index (χ0) is 10.1. The van der Waals surface area contributed by atoms with Crippen molar-refractivity contribution in [3.05, 3.63) is 0 Å². The standard InChI is InChI=1S/C6H11N2O4S/c1-5(9)7(12-2)8-6(10,11)3-4-13-8/h10H,3-4H2,1-2H3. The molecule has 0 aromatic rings. The molecule has 1 atom stereocenters. The van der Waals surface area contributed by atoms with Crippen LogP contribution in [0.15, 0.2) is 0 Å². The Morgan fingerprint density at radius 1 is 1.85 bits per heavy atom. The Morgan fingerprint density at radius 3 is 2.77 bits per heavy atom. The van der Waals surface area contributed by atoms with E-state index in [1.54, 1.807) is 0 Å². The van der Waals surface area contributed by atoms with Crippen molar-refractivity contribution in [2.45, 2.75) is 19.3 Å². The molecule has 1 N–H and O–H groups in total. The minimum Gasteiger partial charge on any atom is -0.812 e. The molecule has 0 aromatic heterocycles. The van der Waals surface area contributed by atoms with Crippen LogP contribution in [0.25, 0.3) is 0 Å². The monoisotopic (exact) mass is 207 g/mol.